The van der Waals surface area contributed by atoms with Crippen molar-refractivity contribution in [2.45, 2.75) is 31.7 Å². The Bertz CT molecular complexity index is 1130. The van der Waals surface area contributed by atoms with E-state index in [-0.39, 0.29) is 0 Å². The first-order chi connectivity index (χ1) is 15.6. The Balaban J connectivity index is 0.000000210. The molecule has 0 saturated heterocycles. The number of hydrogen-bond acceptors (Lipinski definition) is 5. The van der Waals surface area contributed by atoms with Crippen LogP contribution in [0, 0.1) is 0 Å². The Hall–Kier alpha value is -2.73. The van der Waals surface area contributed by atoms with E-state index in [4.69, 9.17) is 5.73 Å². The van der Waals surface area contributed by atoms with Crippen LogP contribution in [-0.2, 0) is 13.0 Å². The van der Waals surface area contributed by atoms with Crippen LogP contribution < -0.4 is 15.8 Å². The molecule has 5 rings (SSSR count). The van der Waals surface area contributed by atoms with Crippen LogP contribution in [0.1, 0.15) is 30.5 Å². The van der Waals surface area contributed by atoms with E-state index in [1.54, 1.807) is 23.3 Å². The topological polar surface area (TPSA) is 50.1 Å². The summed E-state index contributed by atoms with van der Waals surface area (Å²) in [5.41, 5.74) is 13.8. The van der Waals surface area contributed by atoms with Crippen molar-refractivity contribution in [2.75, 3.05) is 12.4 Å². The number of benzene rings is 2. The van der Waals surface area contributed by atoms with Gasteiger partial charge >= 0.3 is 0 Å². The second kappa shape index (κ2) is 12.3. The summed E-state index contributed by atoms with van der Waals surface area (Å²) in [5.74, 6) is 0. The second-order valence-electron chi connectivity index (χ2n) is 6.79. The fourth-order valence-corrected chi connectivity index (χ4v) is 5.21. The first-order valence-electron chi connectivity index (χ1n) is 10.6. The molecule has 4 N–H and O–H groups in total. The molecule has 0 atom stereocenters. The molecule has 0 radical (unpaired) electrons. The van der Waals surface area contributed by atoms with E-state index in [1.807, 2.05) is 20.9 Å². The maximum atomic E-state index is 5.64. The molecule has 32 heavy (non-hydrogen) atoms. The number of anilines is 1. The fraction of sp³-hybridized carbons (Fsp3) is 0.185. The lowest BCUT2D eigenvalue weighted by molar-refractivity contribution is 0.961. The van der Waals surface area contributed by atoms with Crippen molar-refractivity contribution in [3.05, 3.63) is 102 Å². The molecule has 1 aliphatic carbocycles. The Morgan fingerprint density at radius 2 is 1.88 bits per heavy atom. The number of fused-ring (bicyclic) bond motifs is 4. The first kappa shape index (κ1) is 25.5. The molecule has 3 aromatic rings. The number of nitrogens with two attached hydrogens (primary N) is 1. The molecule has 2 aliphatic rings. The van der Waals surface area contributed by atoms with E-state index >= 15 is 0 Å². The minimum absolute atomic E-state index is 0.547. The molecule has 1 aromatic heterocycles. The quantitative estimate of drug-likeness (QED) is 0.213. The summed E-state index contributed by atoms with van der Waals surface area (Å²) >= 11 is 3.49. The van der Waals surface area contributed by atoms with Gasteiger partial charge in [-0.15, -0.1) is 24.5 Å². The molecule has 3 nitrogen and oxygen atoms in total. The van der Waals surface area contributed by atoms with Crippen LogP contribution in [0.2, 0.25) is 0 Å². The normalized spacial score (nSPS) is 13.7. The fourth-order valence-electron chi connectivity index (χ4n) is 3.48. The Kier molecular flexibility index (Phi) is 9.85. The van der Waals surface area contributed by atoms with Gasteiger partial charge in [0.05, 0.1) is 10.4 Å². The molecule has 0 bridgehead atoms. The average Bonchev–Trinajstić information content (AvgIpc) is 3.48. The van der Waals surface area contributed by atoms with Crippen LogP contribution in [0.25, 0.3) is 15.7 Å². The van der Waals surface area contributed by atoms with Crippen molar-refractivity contribution in [1.82, 2.24) is 4.72 Å². The number of hydrogen-bond donors (Lipinski definition) is 3. The molecular formula is C27H33N3S2. The van der Waals surface area contributed by atoms with Crippen molar-refractivity contribution in [3.63, 3.8) is 0 Å². The monoisotopic (exact) mass is 463 g/mol. The van der Waals surface area contributed by atoms with Crippen molar-refractivity contribution in [3.8, 4) is 0 Å². The van der Waals surface area contributed by atoms with Crippen LogP contribution in [-0.4, -0.2) is 7.05 Å². The largest absolute Gasteiger partial charge is 0.399 e. The molecule has 1 aliphatic heterocycles. The molecule has 5 heteroatoms. The van der Waals surface area contributed by atoms with Gasteiger partial charge in [-0.3, -0.25) is 4.72 Å². The zero-order valence-electron chi connectivity index (χ0n) is 19.3. The number of allylic oxidation sites excluding steroid dienone is 2. The molecule has 168 valence electrons. The van der Waals surface area contributed by atoms with Crippen LogP contribution in [0.4, 0.5) is 5.69 Å². The van der Waals surface area contributed by atoms with Gasteiger partial charge in [0.15, 0.2) is 0 Å². The summed E-state index contributed by atoms with van der Waals surface area (Å²) in [5, 5.41) is 6.60. The van der Waals surface area contributed by atoms with Crippen LogP contribution in [0.3, 0.4) is 0 Å². The maximum Gasteiger partial charge on any atom is 0.0574 e. The van der Waals surface area contributed by atoms with Crippen molar-refractivity contribution in [2.24, 2.45) is 5.73 Å². The minimum atomic E-state index is 0.547. The van der Waals surface area contributed by atoms with Crippen LogP contribution in [0.5, 0.6) is 0 Å². The lowest BCUT2D eigenvalue weighted by Gasteiger charge is -2.26. The minimum Gasteiger partial charge on any atom is -0.399 e. The Morgan fingerprint density at radius 3 is 2.56 bits per heavy atom. The molecular weight excluding hydrogens is 430 g/mol. The van der Waals surface area contributed by atoms with Gasteiger partial charge in [-0.25, -0.2) is 0 Å². The third-order valence-electron chi connectivity index (χ3n) is 5.00. The summed E-state index contributed by atoms with van der Waals surface area (Å²) in [7, 11) is 1.95. The van der Waals surface area contributed by atoms with Gasteiger partial charge < -0.3 is 11.1 Å². The van der Waals surface area contributed by atoms with E-state index in [1.165, 1.54) is 42.9 Å². The molecule has 0 fully saturated rings. The van der Waals surface area contributed by atoms with Gasteiger partial charge in [-0.1, -0.05) is 45.2 Å². The molecule has 0 unspecified atom stereocenters. The van der Waals surface area contributed by atoms with Crippen LogP contribution in [0.15, 0.2) is 90.3 Å². The summed E-state index contributed by atoms with van der Waals surface area (Å²) in [4.78, 5) is 1.34. The highest BCUT2D eigenvalue weighted by Gasteiger charge is 2.27. The van der Waals surface area contributed by atoms with Gasteiger partial charge in [-0.2, -0.15) is 0 Å². The van der Waals surface area contributed by atoms with Gasteiger partial charge in [-0.05, 0) is 81.2 Å². The smallest absolute Gasteiger partial charge is 0.0574 e. The standard InChI is InChI=1S/C14H14N2S.C9H9NS.C2H6.C2H4/c1-8(9(2)15)5-11-6-10-3-4-13-12(14(10)11)7-16-17-13;1-10-8-4-2-3-7-5-6-11-9(7)8;2*1-2/h3-5,16H,1-2,6-7,15H2;2-6,10H,1H3;1-2H3;1-2H2/b11-5+;;;. The van der Waals surface area contributed by atoms with Gasteiger partial charge in [0.2, 0.25) is 0 Å². The highest BCUT2D eigenvalue weighted by molar-refractivity contribution is 7.97. The number of rotatable bonds is 3. The molecule has 2 aromatic carbocycles. The van der Waals surface area contributed by atoms with Gasteiger partial charge in [0, 0.05) is 24.2 Å². The highest BCUT2D eigenvalue weighted by Crippen LogP contribution is 2.43. The van der Waals surface area contributed by atoms with E-state index in [9.17, 15) is 0 Å². The third-order valence-corrected chi connectivity index (χ3v) is 6.85. The zero-order chi connectivity index (χ0) is 23.7. The summed E-state index contributed by atoms with van der Waals surface area (Å²) in [6.45, 7) is 18.6. The summed E-state index contributed by atoms with van der Waals surface area (Å²) in [6, 6.07) is 12.9. The van der Waals surface area contributed by atoms with Crippen molar-refractivity contribution in [1.29, 1.82) is 0 Å². The molecule has 2 heterocycles. The summed E-state index contributed by atoms with van der Waals surface area (Å²) in [6.07, 6.45) is 3.08. The van der Waals surface area contributed by atoms with E-state index < -0.39 is 0 Å². The van der Waals surface area contributed by atoms with Gasteiger partial charge in [0.25, 0.3) is 0 Å². The average molecular weight is 464 g/mol. The summed E-state index contributed by atoms with van der Waals surface area (Å²) < 4.78 is 4.65. The van der Waals surface area contributed by atoms with Crippen molar-refractivity contribution >= 4 is 44.6 Å². The molecule has 0 saturated carbocycles. The van der Waals surface area contributed by atoms with Gasteiger partial charge in [0.1, 0.15) is 0 Å². The maximum absolute atomic E-state index is 5.64. The second-order valence-corrected chi connectivity index (χ2v) is 8.64. The Morgan fingerprint density at radius 1 is 1.12 bits per heavy atom. The highest BCUT2D eigenvalue weighted by atomic mass is 32.2. The van der Waals surface area contributed by atoms with E-state index in [0.717, 1.165) is 18.5 Å². The predicted molar refractivity (Wildman–Crippen MR) is 147 cm³/mol. The number of thiophene rings is 1. The van der Waals surface area contributed by atoms with Crippen molar-refractivity contribution < 1.29 is 0 Å². The zero-order valence-corrected chi connectivity index (χ0v) is 20.9. The third kappa shape index (κ3) is 5.54. The lowest BCUT2D eigenvalue weighted by Crippen LogP contribution is -2.12. The predicted octanol–water partition coefficient (Wildman–Crippen LogP) is 7.54. The van der Waals surface area contributed by atoms with Crippen LogP contribution >= 0.6 is 23.3 Å². The SMILES string of the molecule is C=C.C=C(N)C(=C)/C=C1\Cc2ccc3c(c21)CNS3.CC.CNc1cccc2ccsc12. The molecule has 0 spiro atoms. The lowest BCUT2D eigenvalue weighted by atomic mass is 9.79. The first-order valence-corrected chi connectivity index (χ1v) is 12.3. The van der Waals surface area contributed by atoms with E-state index in [0.29, 0.717) is 5.70 Å². The molecule has 0 amide bonds. The number of nitrogens with one attached hydrogen (secondary N) is 2. The Labute approximate surface area is 201 Å². The van der Waals surface area contributed by atoms with E-state index in [2.05, 4.69) is 84.2 Å².